The van der Waals surface area contributed by atoms with Gasteiger partial charge in [-0.2, -0.15) is 13.2 Å². The van der Waals surface area contributed by atoms with Crippen LogP contribution in [-0.4, -0.2) is 53.5 Å². The van der Waals surface area contributed by atoms with Crippen molar-refractivity contribution in [1.29, 1.82) is 0 Å². The molecule has 3 nitrogen and oxygen atoms in total. The highest BCUT2D eigenvalue weighted by Crippen LogP contribution is 2.33. The Hall–Kier alpha value is 0.270. The minimum atomic E-state index is -4.12. The van der Waals surface area contributed by atoms with Crippen molar-refractivity contribution in [2.45, 2.75) is 32.0 Å². The zero-order valence-electron chi connectivity index (χ0n) is 13.6. The Morgan fingerprint density at radius 2 is 1.83 bits per heavy atom. The minimum absolute atomic E-state index is 0.0354. The van der Waals surface area contributed by atoms with Gasteiger partial charge in [-0.15, -0.1) is 0 Å². The highest BCUT2D eigenvalue weighted by Gasteiger charge is 2.26. The van der Waals surface area contributed by atoms with Crippen LogP contribution in [0.1, 0.15) is 18.7 Å². The van der Waals surface area contributed by atoms with E-state index in [-0.39, 0.29) is 12.8 Å². The zero-order valence-corrected chi connectivity index (χ0v) is 17.5. The van der Waals surface area contributed by atoms with Crippen LogP contribution < -0.4 is 0 Å². The van der Waals surface area contributed by atoms with Crippen molar-refractivity contribution >= 4 is 41.9 Å². The molecule has 0 amide bonds. The van der Waals surface area contributed by atoms with Gasteiger partial charge in [-0.3, -0.25) is 0 Å². The number of aryl methyl sites for hydroxylation is 1. The molecule has 23 heavy (non-hydrogen) atoms. The third-order valence-electron chi connectivity index (χ3n) is 3.11. The molecule has 1 heterocycles. The average molecular weight is 484 g/mol. The number of hydrogen-bond acceptors (Lipinski definition) is 2. The Kier molecular flexibility index (Phi) is 8.43. The van der Waals surface area contributed by atoms with Crippen molar-refractivity contribution in [3.8, 4) is 0 Å². The fraction of sp³-hybridized carbons (Fsp3) is 0.786. The summed E-state index contributed by atoms with van der Waals surface area (Å²) in [6.45, 7) is 1.79. The van der Waals surface area contributed by atoms with Crippen LogP contribution >= 0.6 is 41.9 Å². The van der Waals surface area contributed by atoms with Gasteiger partial charge in [0, 0.05) is 25.1 Å². The molecule has 1 aromatic heterocycles. The number of alkyl halides is 3. The number of halogens is 5. The van der Waals surface area contributed by atoms with Crippen molar-refractivity contribution in [2.75, 3.05) is 37.7 Å². The molecule has 1 rings (SSSR count). The summed E-state index contributed by atoms with van der Waals surface area (Å²) in [5.74, 6) is 1.68. The maximum atomic E-state index is 12.3. The van der Waals surface area contributed by atoms with Crippen molar-refractivity contribution in [3.63, 3.8) is 0 Å². The second kappa shape index (κ2) is 9.10. The van der Waals surface area contributed by atoms with E-state index >= 15 is 0 Å². The van der Waals surface area contributed by atoms with Crippen LogP contribution in [0.2, 0.25) is 0 Å². The molecular weight excluding hydrogens is 461 g/mol. The lowest BCUT2D eigenvalue weighted by Gasteiger charge is -2.24. The Morgan fingerprint density at radius 1 is 1.17 bits per heavy atom. The summed E-state index contributed by atoms with van der Waals surface area (Å²) in [7, 11) is -0.575. The van der Waals surface area contributed by atoms with E-state index in [0.717, 1.165) is 10.4 Å². The van der Waals surface area contributed by atoms with Crippen LogP contribution in [0.3, 0.4) is 0 Å². The maximum Gasteiger partial charge on any atom is 0.389 e. The van der Waals surface area contributed by atoms with Gasteiger partial charge in [-0.05, 0) is 57.0 Å². The van der Waals surface area contributed by atoms with E-state index in [1.807, 2.05) is 4.57 Å². The van der Waals surface area contributed by atoms with E-state index < -0.39 is 22.6 Å². The third-order valence-corrected chi connectivity index (χ3v) is 6.39. The second-order valence-electron chi connectivity index (χ2n) is 6.14. The van der Waals surface area contributed by atoms with E-state index in [1.165, 1.54) is 0 Å². The van der Waals surface area contributed by atoms with E-state index in [9.17, 15) is 13.2 Å². The van der Waals surface area contributed by atoms with Crippen molar-refractivity contribution < 1.29 is 17.9 Å². The molecule has 0 aromatic carbocycles. The number of aromatic nitrogens is 2. The number of imidazole rings is 1. The monoisotopic (exact) mass is 482 g/mol. The van der Waals surface area contributed by atoms with Gasteiger partial charge < -0.3 is 9.30 Å². The number of ether oxygens (including phenoxy) is 1. The minimum Gasteiger partial charge on any atom is -0.379 e. The molecule has 0 N–H and O–H groups in total. The lowest BCUT2D eigenvalue weighted by atomic mass is 10.2. The number of rotatable bonds is 9. The van der Waals surface area contributed by atoms with Crippen molar-refractivity contribution in [1.82, 2.24) is 9.55 Å². The third kappa shape index (κ3) is 8.79. The smallest absolute Gasteiger partial charge is 0.379 e. The Morgan fingerprint density at radius 3 is 2.39 bits per heavy atom. The SMILES string of the molecule is CS(C)(C)CCOCCn1c(CCCC(F)(F)F)nc(Br)c1Br. The van der Waals surface area contributed by atoms with Crippen molar-refractivity contribution in [3.05, 3.63) is 15.0 Å². The fourth-order valence-electron chi connectivity index (χ4n) is 1.88. The van der Waals surface area contributed by atoms with Gasteiger partial charge in [0.1, 0.15) is 15.0 Å². The number of hydrogen-bond donors (Lipinski definition) is 0. The molecule has 0 spiro atoms. The molecule has 0 fully saturated rings. The molecule has 9 heteroatoms. The van der Waals surface area contributed by atoms with Crippen LogP contribution in [0, 0.1) is 0 Å². The normalized spacial score (nSPS) is 13.6. The van der Waals surface area contributed by atoms with Crippen LogP contribution in [-0.2, 0) is 17.7 Å². The molecule has 0 bridgehead atoms. The zero-order chi connectivity index (χ0) is 17.7. The standard InChI is InChI=1S/C14H23Br2F3N2OS/c1-23(2,3)10-9-22-8-7-21-11(20-12(15)13(21)16)5-4-6-14(17,18)19/h4-10H2,1-3H3. The summed E-state index contributed by atoms with van der Waals surface area (Å²) in [6, 6.07) is 0. The molecule has 0 atom stereocenters. The quantitative estimate of drug-likeness (QED) is 0.462. The Balaban J connectivity index is 2.50. The lowest BCUT2D eigenvalue weighted by molar-refractivity contribution is -0.135. The topological polar surface area (TPSA) is 27.1 Å². The first kappa shape index (κ1) is 21.3. The van der Waals surface area contributed by atoms with Gasteiger partial charge in [-0.1, -0.05) is 0 Å². The van der Waals surface area contributed by atoms with Crippen LogP contribution in [0.4, 0.5) is 13.2 Å². The maximum absolute atomic E-state index is 12.3. The molecule has 0 unspecified atom stereocenters. The largest absolute Gasteiger partial charge is 0.389 e. The molecule has 0 saturated heterocycles. The first-order chi connectivity index (χ1) is 10.5. The predicted molar refractivity (Wildman–Crippen MR) is 97.7 cm³/mol. The molecular formula is C14H23Br2F3N2OS. The van der Waals surface area contributed by atoms with E-state index in [1.54, 1.807) is 0 Å². The molecule has 0 radical (unpaired) electrons. The van der Waals surface area contributed by atoms with Crippen LogP contribution in [0.15, 0.2) is 9.21 Å². The Bertz CT molecular complexity index is 501. The van der Waals surface area contributed by atoms with Crippen molar-refractivity contribution in [2.24, 2.45) is 0 Å². The molecule has 0 aliphatic heterocycles. The van der Waals surface area contributed by atoms with Gasteiger partial charge in [0.05, 0.1) is 13.2 Å². The summed E-state index contributed by atoms with van der Waals surface area (Å²) in [5.41, 5.74) is 0. The van der Waals surface area contributed by atoms with Crippen LogP contribution in [0.25, 0.3) is 0 Å². The highest BCUT2D eigenvalue weighted by atomic mass is 79.9. The average Bonchev–Trinajstić information content (AvgIpc) is 2.63. The first-order valence-electron chi connectivity index (χ1n) is 7.20. The molecule has 0 aliphatic carbocycles. The van der Waals surface area contributed by atoms with Gasteiger partial charge in [0.25, 0.3) is 0 Å². The summed E-state index contributed by atoms with van der Waals surface area (Å²) in [5, 5.41) is 0. The van der Waals surface area contributed by atoms with Gasteiger partial charge in [0.15, 0.2) is 0 Å². The van der Waals surface area contributed by atoms with Gasteiger partial charge in [0.2, 0.25) is 0 Å². The fourth-order valence-corrected chi connectivity index (χ4v) is 3.38. The Labute approximate surface area is 153 Å². The highest BCUT2D eigenvalue weighted by molar-refractivity contribution is 9.13. The molecule has 0 saturated carbocycles. The van der Waals surface area contributed by atoms with E-state index in [4.69, 9.17) is 4.74 Å². The molecule has 1 aromatic rings. The summed E-state index contributed by atoms with van der Waals surface area (Å²) < 4.78 is 45.7. The van der Waals surface area contributed by atoms with E-state index in [2.05, 4.69) is 55.6 Å². The summed E-state index contributed by atoms with van der Waals surface area (Å²) in [4.78, 5) is 4.28. The number of nitrogens with zero attached hydrogens (tertiary/aromatic N) is 2. The summed E-state index contributed by atoms with van der Waals surface area (Å²) >= 11 is 6.72. The first-order valence-corrected chi connectivity index (χ1v) is 11.8. The summed E-state index contributed by atoms with van der Waals surface area (Å²) in [6.07, 6.45) is 2.11. The lowest BCUT2D eigenvalue weighted by Crippen LogP contribution is -2.14. The molecule has 136 valence electrons. The van der Waals surface area contributed by atoms with Gasteiger partial charge in [-0.25, -0.2) is 15.0 Å². The van der Waals surface area contributed by atoms with E-state index in [0.29, 0.717) is 30.2 Å². The second-order valence-corrected chi connectivity index (χ2v) is 12.2. The predicted octanol–water partition coefficient (Wildman–Crippen LogP) is 5.00. The molecule has 0 aliphatic rings. The van der Waals surface area contributed by atoms with Crippen LogP contribution in [0.5, 0.6) is 0 Å². The van der Waals surface area contributed by atoms with Gasteiger partial charge >= 0.3 is 6.18 Å².